The molecule has 0 amide bonds. The summed E-state index contributed by atoms with van der Waals surface area (Å²) in [5.74, 6) is 0.0994. The van der Waals surface area contributed by atoms with Gasteiger partial charge in [-0.1, -0.05) is 58.2 Å². The average molecular weight is 445 g/mol. The molecule has 0 aliphatic rings. The minimum absolute atomic E-state index is 0.0349. The molecule has 0 fully saturated rings. The van der Waals surface area contributed by atoms with Crippen LogP contribution in [0.25, 0.3) is 0 Å². The monoisotopic (exact) mass is 444 g/mol. The molecule has 5 nitrogen and oxygen atoms in total. The van der Waals surface area contributed by atoms with Gasteiger partial charge in [-0.25, -0.2) is 13.1 Å². The van der Waals surface area contributed by atoms with Crippen LogP contribution in [0.3, 0.4) is 0 Å². The van der Waals surface area contributed by atoms with Gasteiger partial charge in [0.15, 0.2) is 9.84 Å². The molecule has 26 heavy (non-hydrogen) atoms. The van der Waals surface area contributed by atoms with Crippen LogP contribution in [0.15, 0.2) is 0 Å². The molecule has 0 aromatic carbocycles. The Labute approximate surface area is 172 Å². The van der Waals surface area contributed by atoms with Gasteiger partial charge in [0.2, 0.25) is 6.57 Å². The van der Waals surface area contributed by atoms with E-state index in [1.807, 2.05) is 6.92 Å². The van der Waals surface area contributed by atoms with Gasteiger partial charge in [0.05, 0.1) is 16.8 Å². The summed E-state index contributed by atoms with van der Waals surface area (Å²) >= 11 is 11.2. The molecule has 0 aromatic rings. The van der Waals surface area contributed by atoms with E-state index in [0.717, 1.165) is 38.5 Å². The molecule has 0 aromatic heterocycles. The fourth-order valence-electron chi connectivity index (χ4n) is 2.51. The van der Waals surface area contributed by atoms with Crippen molar-refractivity contribution in [1.29, 1.82) is 0 Å². The lowest BCUT2D eigenvalue weighted by Crippen LogP contribution is -2.35. The van der Waals surface area contributed by atoms with E-state index >= 15 is 0 Å². The molecule has 0 saturated heterocycles. The van der Waals surface area contributed by atoms with Gasteiger partial charge in [-0.2, -0.15) is 0 Å². The standard InChI is InChI=1S/C17H37N2O3PS3/c1-7-9-11-12-14-26(20,21)15-18(5)23(25,19(6)17(4)24)22-16(3)13-10-8-2/h16H,7-15H2,1-6H3. The second-order valence-electron chi connectivity index (χ2n) is 6.89. The number of thiocarbonyl (C=S) groups is 1. The van der Waals surface area contributed by atoms with Crippen molar-refractivity contribution in [1.82, 2.24) is 9.34 Å². The van der Waals surface area contributed by atoms with Crippen LogP contribution in [0.4, 0.5) is 0 Å². The molecule has 0 heterocycles. The molecule has 0 rings (SSSR count). The average Bonchev–Trinajstić information content (AvgIpc) is 2.55. The van der Waals surface area contributed by atoms with E-state index < -0.39 is 16.4 Å². The van der Waals surface area contributed by atoms with Crippen LogP contribution in [-0.2, 0) is 26.2 Å². The Morgan fingerprint density at radius 3 is 2.19 bits per heavy atom. The Morgan fingerprint density at radius 1 is 1.12 bits per heavy atom. The Kier molecular flexibility index (Phi) is 13.0. The lowest BCUT2D eigenvalue weighted by atomic mass is 10.2. The minimum atomic E-state index is -3.22. The van der Waals surface area contributed by atoms with E-state index in [4.69, 9.17) is 28.5 Å². The van der Waals surface area contributed by atoms with Crippen LogP contribution in [0.2, 0.25) is 0 Å². The van der Waals surface area contributed by atoms with Gasteiger partial charge in [-0.15, -0.1) is 0 Å². The summed E-state index contributed by atoms with van der Waals surface area (Å²) in [4.78, 5) is 0.614. The van der Waals surface area contributed by atoms with E-state index in [1.54, 1.807) is 30.4 Å². The molecule has 0 bridgehead atoms. The summed E-state index contributed by atoms with van der Waals surface area (Å²) in [6.45, 7) is 5.32. The summed E-state index contributed by atoms with van der Waals surface area (Å²) in [5.41, 5.74) is 0. The van der Waals surface area contributed by atoms with E-state index in [9.17, 15) is 8.42 Å². The Morgan fingerprint density at radius 2 is 1.69 bits per heavy atom. The van der Waals surface area contributed by atoms with Crippen LogP contribution in [0.5, 0.6) is 0 Å². The molecular formula is C17H37N2O3PS3. The molecule has 156 valence electrons. The zero-order chi connectivity index (χ0) is 20.4. The van der Waals surface area contributed by atoms with Crippen LogP contribution in [0, 0.1) is 0 Å². The van der Waals surface area contributed by atoms with Crippen molar-refractivity contribution in [2.45, 2.75) is 78.7 Å². The summed E-state index contributed by atoms with van der Waals surface area (Å²) < 4.78 is 34.7. The highest BCUT2D eigenvalue weighted by molar-refractivity contribution is 8.10. The van der Waals surface area contributed by atoms with Crippen molar-refractivity contribution in [3.8, 4) is 0 Å². The van der Waals surface area contributed by atoms with Crippen molar-refractivity contribution in [3.63, 3.8) is 0 Å². The molecule has 2 atom stereocenters. The maximum atomic E-state index is 12.5. The number of hydrogen-bond acceptors (Lipinski definition) is 5. The third kappa shape index (κ3) is 9.56. The topological polar surface area (TPSA) is 49.9 Å². The van der Waals surface area contributed by atoms with E-state index in [-0.39, 0.29) is 17.7 Å². The summed E-state index contributed by atoms with van der Waals surface area (Å²) in [6.07, 6.45) is 6.79. The summed E-state index contributed by atoms with van der Waals surface area (Å²) in [6, 6.07) is 0. The highest BCUT2D eigenvalue weighted by Crippen LogP contribution is 2.54. The van der Waals surface area contributed by atoms with Crippen LogP contribution in [-0.4, -0.2) is 54.6 Å². The number of hydrogen-bond donors (Lipinski definition) is 0. The number of nitrogens with zero attached hydrogens (tertiary/aromatic N) is 2. The first-order valence-electron chi connectivity index (χ1n) is 9.45. The zero-order valence-corrected chi connectivity index (χ0v) is 20.6. The molecule has 0 radical (unpaired) electrons. The first-order chi connectivity index (χ1) is 12.0. The number of unbranched alkanes of at least 4 members (excludes halogenated alkanes) is 4. The predicted octanol–water partition coefficient (Wildman–Crippen LogP) is 4.97. The van der Waals surface area contributed by atoms with Gasteiger partial charge >= 0.3 is 0 Å². The van der Waals surface area contributed by atoms with Gasteiger partial charge in [0, 0.05) is 7.05 Å². The quantitative estimate of drug-likeness (QED) is 0.213. The molecule has 2 unspecified atom stereocenters. The van der Waals surface area contributed by atoms with Crippen molar-refractivity contribution < 1.29 is 12.9 Å². The maximum absolute atomic E-state index is 12.5. The molecule has 0 aliphatic carbocycles. The van der Waals surface area contributed by atoms with Crippen LogP contribution >= 0.6 is 18.8 Å². The number of sulfone groups is 1. The SMILES string of the molecule is CCCCCCS(=O)(=O)CN(C)P(=S)(OC(C)CCCC)N(C)C(C)=S. The largest absolute Gasteiger partial charge is 0.320 e. The molecule has 0 saturated carbocycles. The van der Waals surface area contributed by atoms with Crippen LogP contribution in [0.1, 0.15) is 72.6 Å². The fourth-order valence-corrected chi connectivity index (χ4v) is 8.37. The Bertz CT molecular complexity index is 570. The Balaban J connectivity index is 5.18. The fraction of sp³-hybridized carbons (Fsp3) is 0.941. The number of rotatable bonds is 14. The second-order valence-corrected chi connectivity index (χ2v) is 13.5. The van der Waals surface area contributed by atoms with Crippen molar-refractivity contribution in [2.75, 3.05) is 25.7 Å². The third-order valence-electron chi connectivity index (χ3n) is 4.24. The van der Waals surface area contributed by atoms with E-state index in [0.29, 0.717) is 11.4 Å². The highest BCUT2D eigenvalue weighted by Gasteiger charge is 2.34. The van der Waals surface area contributed by atoms with Crippen molar-refractivity contribution in [3.05, 3.63) is 0 Å². The lowest BCUT2D eigenvalue weighted by Gasteiger charge is -2.40. The molecule has 0 N–H and O–H groups in total. The van der Waals surface area contributed by atoms with Crippen molar-refractivity contribution >= 4 is 45.4 Å². The molecular weight excluding hydrogens is 407 g/mol. The van der Waals surface area contributed by atoms with Gasteiger partial charge < -0.3 is 9.19 Å². The summed E-state index contributed by atoms with van der Waals surface area (Å²) in [7, 11) is 0.328. The van der Waals surface area contributed by atoms with Crippen molar-refractivity contribution in [2.24, 2.45) is 0 Å². The van der Waals surface area contributed by atoms with E-state index in [1.165, 1.54) is 0 Å². The normalized spacial score (nSPS) is 15.7. The van der Waals surface area contributed by atoms with Gasteiger partial charge in [0.25, 0.3) is 0 Å². The molecule has 0 aliphatic heterocycles. The minimum Gasteiger partial charge on any atom is -0.320 e. The summed E-state index contributed by atoms with van der Waals surface area (Å²) in [5, 5.41) is 0. The highest BCUT2D eigenvalue weighted by atomic mass is 32.5. The second kappa shape index (κ2) is 12.8. The Hall–Kier alpha value is 0.410. The molecule has 9 heteroatoms. The van der Waals surface area contributed by atoms with Gasteiger partial charge in [0.1, 0.15) is 5.88 Å². The smallest absolute Gasteiger partial charge is 0.229 e. The van der Waals surface area contributed by atoms with Gasteiger partial charge in [-0.3, -0.25) is 0 Å². The first kappa shape index (κ1) is 26.4. The zero-order valence-electron chi connectivity index (χ0n) is 17.2. The molecule has 0 spiro atoms. The van der Waals surface area contributed by atoms with Gasteiger partial charge in [-0.05, 0) is 45.5 Å². The maximum Gasteiger partial charge on any atom is 0.229 e. The first-order valence-corrected chi connectivity index (χ1v) is 14.3. The predicted molar refractivity (Wildman–Crippen MR) is 121 cm³/mol. The third-order valence-corrected chi connectivity index (χ3v) is 11.1. The van der Waals surface area contributed by atoms with E-state index in [2.05, 4.69) is 13.8 Å². The lowest BCUT2D eigenvalue weighted by molar-refractivity contribution is 0.202. The van der Waals surface area contributed by atoms with Crippen LogP contribution < -0.4 is 0 Å².